The molecule has 6 heteroatoms. The lowest BCUT2D eigenvalue weighted by Gasteiger charge is -2.27. The lowest BCUT2D eigenvalue weighted by atomic mass is 9.92. The van der Waals surface area contributed by atoms with Crippen LogP contribution in [0.3, 0.4) is 0 Å². The number of carbonyl (C=O) groups excluding carboxylic acids is 1. The average Bonchev–Trinajstić information content (AvgIpc) is 2.48. The number of anilines is 1. The van der Waals surface area contributed by atoms with Crippen LogP contribution in [-0.4, -0.2) is 32.7 Å². The number of nitrogens with one attached hydrogen (secondary N) is 2. The summed E-state index contributed by atoms with van der Waals surface area (Å²) in [5.74, 6) is 1.31. The first kappa shape index (κ1) is 16.1. The Labute approximate surface area is 133 Å². The molecule has 0 unspecified atom stereocenters. The van der Waals surface area contributed by atoms with Crippen LogP contribution < -0.4 is 20.1 Å². The second kappa shape index (κ2) is 7.13. The molecule has 0 spiro atoms. The van der Waals surface area contributed by atoms with Crippen molar-refractivity contribution in [2.24, 2.45) is 5.92 Å². The summed E-state index contributed by atoms with van der Waals surface area (Å²) in [6.07, 6.45) is 1.72. The van der Waals surface area contributed by atoms with Crippen molar-refractivity contribution in [1.29, 1.82) is 0 Å². The smallest absolute Gasteiger partial charge is 0.227 e. The molecule has 1 heterocycles. The third-order valence-corrected chi connectivity index (χ3v) is 4.38. The molecule has 5 nitrogen and oxygen atoms in total. The molecule has 2 rings (SSSR count). The van der Waals surface area contributed by atoms with Gasteiger partial charge in [0.05, 0.1) is 19.9 Å². The van der Waals surface area contributed by atoms with Crippen LogP contribution in [0.15, 0.2) is 16.6 Å². The van der Waals surface area contributed by atoms with Crippen molar-refractivity contribution in [3.63, 3.8) is 0 Å². The van der Waals surface area contributed by atoms with Crippen LogP contribution in [0, 0.1) is 5.92 Å². The van der Waals surface area contributed by atoms with Crippen LogP contribution in [0.5, 0.6) is 11.5 Å². The van der Waals surface area contributed by atoms with Gasteiger partial charge in [-0.3, -0.25) is 4.79 Å². The number of methoxy groups -OCH3 is 2. The van der Waals surface area contributed by atoms with Gasteiger partial charge in [-0.15, -0.1) is 0 Å². The summed E-state index contributed by atoms with van der Waals surface area (Å²) in [6, 6.07) is 3.94. The van der Waals surface area contributed by atoms with Gasteiger partial charge in [0.25, 0.3) is 0 Å². The van der Waals surface area contributed by atoms with Crippen LogP contribution in [0.1, 0.15) is 19.8 Å². The third-order valence-electron chi connectivity index (χ3n) is 3.73. The second-order valence-electron chi connectivity index (χ2n) is 5.25. The highest BCUT2D eigenvalue weighted by Gasteiger charge is 2.25. The van der Waals surface area contributed by atoms with Gasteiger partial charge in [0.1, 0.15) is 0 Å². The quantitative estimate of drug-likeness (QED) is 0.870. The predicted molar refractivity (Wildman–Crippen MR) is 86.1 cm³/mol. The number of carbonyl (C=O) groups is 1. The van der Waals surface area contributed by atoms with E-state index in [4.69, 9.17) is 9.47 Å². The Hall–Kier alpha value is -1.27. The predicted octanol–water partition coefficient (Wildman–Crippen LogP) is 2.79. The molecule has 0 radical (unpaired) electrons. The molecule has 1 fully saturated rings. The minimum atomic E-state index is 0.0428. The Morgan fingerprint density at radius 2 is 2.00 bits per heavy atom. The monoisotopic (exact) mass is 356 g/mol. The largest absolute Gasteiger partial charge is 0.493 e. The number of amides is 1. The normalized spacial score (nSPS) is 21.7. The van der Waals surface area contributed by atoms with E-state index in [2.05, 4.69) is 33.5 Å². The highest BCUT2D eigenvalue weighted by atomic mass is 79.9. The first-order valence-electron chi connectivity index (χ1n) is 7.01. The number of halogens is 1. The van der Waals surface area contributed by atoms with Gasteiger partial charge in [-0.25, -0.2) is 0 Å². The Bertz CT molecular complexity index is 522. The molecule has 1 aliphatic heterocycles. The van der Waals surface area contributed by atoms with Crippen molar-refractivity contribution in [3.05, 3.63) is 16.6 Å². The Morgan fingerprint density at radius 3 is 2.62 bits per heavy atom. The standard InChI is InChI=1S/C15H21BrN2O3/c1-9-6-10(4-5-17-9)15(19)18-12-8-14(21-3)13(20-2)7-11(12)16/h7-10,17H,4-6H2,1-3H3,(H,18,19)/t9-,10-/m0/s1. The van der Waals surface area contributed by atoms with Gasteiger partial charge in [-0.05, 0) is 42.2 Å². The van der Waals surface area contributed by atoms with Gasteiger partial charge >= 0.3 is 0 Å². The summed E-state index contributed by atoms with van der Waals surface area (Å²) < 4.78 is 11.3. The number of hydrogen-bond acceptors (Lipinski definition) is 4. The first-order chi connectivity index (χ1) is 10.0. The van der Waals surface area contributed by atoms with E-state index in [9.17, 15) is 4.79 Å². The van der Waals surface area contributed by atoms with Crippen LogP contribution >= 0.6 is 15.9 Å². The highest BCUT2D eigenvalue weighted by Crippen LogP contribution is 2.36. The fourth-order valence-corrected chi connectivity index (χ4v) is 2.98. The molecule has 1 saturated heterocycles. The number of rotatable bonds is 4. The molecule has 0 aromatic heterocycles. The summed E-state index contributed by atoms with van der Waals surface area (Å²) in [5.41, 5.74) is 0.698. The molecule has 0 saturated carbocycles. The maximum Gasteiger partial charge on any atom is 0.227 e. The molecule has 21 heavy (non-hydrogen) atoms. The van der Waals surface area contributed by atoms with Crippen LogP contribution in [0.25, 0.3) is 0 Å². The lowest BCUT2D eigenvalue weighted by Crippen LogP contribution is -2.40. The topological polar surface area (TPSA) is 59.6 Å². The molecule has 1 aromatic rings. The molecule has 2 N–H and O–H groups in total. The van der Waals surface area contributed by atoms with Crippen LogP contribution in [0.2, 0.25) is 0 Å². The van der Waals surface area contributed by atoms with Gasteiger partial charge in [0.15, 0.2) is 11.5 Å². The van der Waals surface area contributed by atoms with E-state index in [1.54, 1.807) is 26.4 Å². The van der Waals surface area contributed by atoms with Gasteiger partial charge in [-0.2, -0.15) is 0 Å². The minimum absolute atomic E-state index is 0.0428. The van der Waals surface area contributed by atoms with E-state index in [0.29, 0.717) is 23.2 Å². The van der Waals surface area contributed by atoms with Crippen LogP contribution in [-0.2, 0) is 4.79 Å². The summed E-state index contributed by atoms with van der Waals surface area (Å²) >= 11 is 3.45. The van der Waals surface area contributed by atoms with Crippen molar-refractivity contribution >= 4 is 27.5 Å². The van der Waals surface area contributed by atoms with Gasteiger partial charge < -0.3 is 20.1 Å². The Morgan fingerprint density at radius 1 is 1.33 bits per heavy atom. The third kappa shape index (κ3) is 3.89. The van der Waals surface area contributed by atoms with E-state index in [1.165, 1.54) is 0 Å². The van der Waals surface area contributed by atoms with E-state index < -0.39 is 0 Å². The molecule has 116 valence electrons. The average molecular weight is 357 g/mol. The zero-order chi connectivity index (χ0) is 15.4. The Kier molecular flexibility index (Phi) is 5.47. The SMILES string of the molecule is COc1cc(Br)c(NC(=O)[C@H]2CCN[C@@H](C)C2)cc1OC. The molecular weight excluding hydrogens is 336 g/mol. The number of ether oxygens (including phenoxy) is 2. The number of benzene rings is 1. The summed E-state index contributed by atoms with van der Waals surface area (Å²) in [4.78, 5) is 12.4. The fraction of sp³-hybridized carbons (Fsp3) is 0.533. The lowest BCUT2D eigenvalue weighted by molar-refractivity contribution is -0.120. The summed E-state index contributed by atoms with van der Waals surface area (Å²) in [7, 11) is 3.16. The maximum absolute atomic E-state index is 12.4. The maximum atomic E-state index is 12.4. The molecule has 0 bridgehead atoms. The van der Waals surface area contributed by atoms with E-state index >= 15 is 0 Å². The van der Waals surface area contributed by atoms with E-state index in [1.807, 2.05) is 0 Å². The zero-order valence-corrected chi connectivity index (χ0v) is 14.1. The van der Waals surface area contributed by atoms with Crippen molar-refractivity contribution in [3.8, 4) is 11.5 Å². The highest BCUT2D eigenvalue weighted by molar-refractivity contribution is 9.10. The number of hydrogen-bond donors (Lipinski definition) is 2. The molecule has 1 aliphatic rings. The molecule has 2 atom stereocenters. The molecular formula is C15H21BrN2O3. The van der Waals surface area contributed by atoms with E-state index in [-0.39, 0.29) is 11.8 Å². The molecule has 1 amide bonds. The minimum Gasteiger partial charge on any atom is -0.493 e. The van der Waals surface area contributed by atoms with Gasteiger partial charge in [-0.1, -0.05) is 0 Å². The zero-order valence-electron chi connectivity index (χ0n) is 12.5. The van der Waals surface area contributed by atoms with Crippen LogP contribution in [0.4, 0.5) is 5.69 Å². The summed E-state index contributed by atoms with van der Waals surface area (Å²) in [5, 5.41) is 6.33. The van der Waals surface area contributed by atoms with Crippen molar-refractivity contribution in [2.75, 3.05) is 26.1 Å². The molecule has 1 aromatic carbocycles. The van der Waals surface area contributed by atoms with Gasteiger partial charge in [0, 0.05) is 28.6 Å². The first-order valence-corrected chi connectivity index (χ1v) is 7.80. The van der Waals surface area contributed by atoms with Crippen molar-refractivity contribution in [2.45, 2.75) is 25.8 Å². The second-order valence-corrected chi connectivity index (χ2v) is 6.11. The fourth-order valence-electron chi connectivity index (χ4n) is 2.55. The molecule has 0 aliphatic carbocycles. The van der Waals surface area contributed by atoms with E-state index in [0.717, 1.165) is 23.9 Å². The summed E-state index contributed by atoms with van der Waals surface area (Å²) in [6.45, 7) is 2.98. The van der Waals surface area contributed by atoms with Crippen molar-refractivity contribution < 1.29 is 14.3 Å². The number of piperidine rings is 1. The van der Waals surface area contributed by atoms with Gasteiger partial charge in [0.2, 0.25) is 5.91 Å². The van der Waals surface area contributed by atoms with Crippen molar-refractivity contribution in [1.82, 2.24) is 5.32 Å². The Balaban J connectivity index is 2.13.